The minimum absolute atomic E-state index is 0.108. The van der Waals surface area contributed by atoms with Gasteiger partial charge in [-0.05, 0) is 13.8 Å². The highest BCUT2D eigenvalue weighted by Crippen LogP contribution is 2.23. The molecule has 5 nitrogen and oxygen atoms in total. The van der Waals surface area contributed by atoms with E-state index in [2.05, 4.69) is 4.98 Å². The van der Waals surface area contributed by atoms with Crippen LogP contribution < -0.4 is 9.60 Å². The Labute approximate surface area is 105 Å². The Bertz CT molecular complexity index is 573. The molecular weight excluding hydrogens is 293 g/mol. The average molecular weight is 304 g/mol. The van der Waals surface area contributed by atoms with Crippen LogP contribution in [0.25, 0.3) is 0 Å². The Hall–Kier alpha value is -0.870. The van der Waals surface area contributed by atoms with Gasteiger partial charge in [-0.1, -0.05) is 11.3 Å². The van der Waals surface area contributed by atoms with Crippen molar-refractivity contribution in [2.24, 2.45) is 0 Å². The Morgan fingerprint density at radius 1 is 1.44 bits per heavy atom. The minimum atomic E-state index is -4.46. The van der Waals surface area contributed by atoms with Gasteiger partial charge in [0, 0.05) is 11.7 Å². The van der Waals surface area contributed by atoms with Crippen LogP contribution in [0, 0.1) is 6.92 Å². The number of hydrogen-bond donors (Lipinski definition) is 2. The number of nitrogens with one attached hydrogen (secondary N) is 2. The second-order valence-corrected chi connectivity index (χ2v) is 6.66. The quantitative estimate of drug-likeness (QED) is 0.881. The largest absolute Gasteiger partial charge is 0.390 e. The molecule has 1 rings (SSSR count). The van der Waals surface area contributed by atoms with E-state index in [1.807, 2.05) is 4.72 Å². The molecule has 104 valence electrons. The first-order chi connectivity index (χ1) is 8.01. The van der Waals surface area contributed by atoms with E-state index in [-0.39, 0.29) is 9.90 Å². The van der Waals surface area contributed by atoms with E-state index in [0.29, 0.717) is 11.3 Å². The normalized spacial score (nSPS) is 14.7. The summed E-state index contributed by atoms with van der Waals surface area (Å²) in [5.41, 5.74) is 0.108. The lowest BCUT2D eigenvalue weighted by Gasteiger charge is -2.15. The Morgan fingerprint density at radius 3 is 2.39 bits per heavy atom. The lowest BCUT2D eigenvalue weighted by molar-refractivity contribution is -0.137. The van der Waals surface area contributed by atoms with Crippen molar-refractivity contribution in [2.75, 3.05) is 0 Å². The fourth-order valence-corrected chi connectivity index (χ4v) is 3.92. The van der Waals surface area contributed by atoms with Gasteiger partial charge in [-0.3, -0.25) is 4.79 Å². The maximum atomic E-state index is 12.1. The molecule has 1 aromatic heterocycles. The molecule has 1 heterocycles. The van der Waals surface area contributed by atoms with Gasteiger partial charge in [-0.2, -0.15) is 13.2 Å². The summed E-state index contributed by atoms with van der Waals surface area (Å²) in [4.78, 5) is 12.6. The van der Waals surface area contributed by atoms with Crippen molar-refractivity contribution in [1.29, 1.82) is 0 Å². The van der Waals surface area contributed by atoms with E-state index in [0.717, 1.165) is 6.92 Å². The summed E-state index contributed by atoms with van der Waals surface area (Å²) in [7, 11) is -4.10. The average Bonchev–Trinajstić information content (AvgIpc) is 2.40. The molecule has 0 aromatic carbocycles. The summed E-state index contributed by atoms with van der Waals surface area (Å²) in [5, 5.41) is 0. The van der Waals surface area contributed by atoms with Crippen LogP contribution in [0.5, 0.6) is 0 Å². The van der Waals surface area contributed by atoms with Gasteiger partial charge in [0.25, 0.3) is 10.0 Å². The molecule has 1 atom stereocenters. The lowest BCUT2D eigenvalue weighted by atomic mass is 10.2. The molecule has 2 N–H and O–H groups in total. The predicted octanol–water partition coefficient (Wildman–Crippen LogP) is 1.36. The summed E-state index contributed by atoms with van der Waals surface area (Å²) in [6, 6.07) is -1.30. The number of H-pyrrole nitrogens is 1. The molecule has 0 aliphatic heterocycles. The van der Waals surface area contributed by atoms with Crippen molar-refractivity contribution >= 4 is 21.4 Å². The number of alkyl halides is 3. The highest BCUT2D eigenvalue weighted by Gasteiger charge is 2.32. The second kappa shape index (κ2) is 5.02. The Morgan fingerprint density at radius 2 is 2.00 bits per heavy atom. The van der Waals surface area contributed by atoms with Gasteiger partial charge in [-0.25, -0.2) is 13.1 Å². The zero-order valence-electron chi connectivity index (χ0n) is 9.46. The first kappa shape index (κ1) is 15.2. The maximum Gasteiger partial charge on any atom is 0.390 e. The van der Waals surface area contributed by atoms with Gasteiger partial charge in [0.1, 0.15) is 0 Å². The minimum Gasteiger partial charge on any atom is -0.315 e. The fourth-order valence-electron chi connectivity index (χ4n) is 1.35. The SMILES string of the molecule is Cc1[nH]c(=O)sc1S(=O)(=O)NC(C)CC(F)(F)F. The van der Waals surface area contributed by atoms with Gasteiger partial charge < -0.3 is 4.98 Å². The smallest absolute Gasteiger partial charge is 0.315 e. The summed E-state index contributed by atoms with van der Waals surface area (Å²) in [6.45, 7) is 2.47. The summed E-state index contributed by atoms with van der Waals surface area (Å²) in [6.07, 6.45) is -5.73. The molecule has 0 aliphatic rings. The highest BCUT2D eigenvalue weighted by molar-refractivity contribution is 7.91. The van der Waals surface area contributed by atoms with Crippen molar-refractivity contribution in [3.8, 4) is 0 Å². The predicted molar refractivity (Wildman–Crippen MR) is 60.1 cm³/mol. The van der Waals surface area contributed by atoms with Crippen molar-refractivity contribution in [3.05, 3.63) is 15.4 Å². The van der Waals surface area contributed by atoms with E-state index in [9.17, 15) is 26.4 Å². The molecule has 0 amide bonds. The summed E-state index contributed by atoms with van der Waals surface area (Å²) >= 11 is 0.438. The van der Waals surface area contributed by atoms with E-state index >= 15 is 0 Å². The van der Waals surface area contributed by atoms with Crippen LogP contribution in [0.1, 0.15) is 19.0 Å². The number of sulfonamides is 1. The van der Waals surface area contributed by atoms with Crippen LogP contribution in [-0.2, 0) is 10.0 Å². The first-order valence-corrected chi connectivity index (χ1v) is 7.10. The number of aromatic nitrogens is 1. The number of rotatable bonds is 4. The van der Waals surface area contributed by atoms with E-state index in [1.54, 1.807) is 0 Å². The fraction of sp³-hybridized carbons (Fsp3) is 0.625. The van der Waals surface area contributed by atoms with Gasteiger partial charge in [0.2, 0.25) is 0 Å². The zero-order valence-corrected chi connectivity index (χ0v) is 11.1. The van der Waals surface area contributed by atoms with E-state index < -0.39 is 33.5 Å². The molecule has 0 spiro atoms. The highest BCUT2D eigenvalue weighted by atomic mass is 32.2. The molecule has 0 aliphatic carbocycles. The molecule has 0 bridgehead atoms. The van der Waals surface area contributed by atoms with Crippen molar-refractivity contribution in [3.63, 3.8) is 0 Å². The number of hydrogen-bond acceptors (Lipinski definition) is 4. The molecule has 0 saturated heterocycles. The molecular formula is C8H11F3N2O3S2. The standard InChI is InChI=1S/C8H11F3N2O3S2/c1-4(3-8(9,10)11)13-18(15,16)6-5(2)12-7(14)17-6/h4,13H,3H2,1-2H3,(H,12,14). The van der Waals surface area contributed by atoms with Crippen molar-refractivity contribution in [1.82, 2.24) is 9.71 Å². The van der Waals surface area contributed by atoms with Crippen LogP contribution in [0.15, 0.2) is 9.00 Å². The van der Waals surface area contributed by atoms with Gasteiger partial charge in [-0.15, -0.1) is 0 Å². The van der Waals surface area contributed by atoms with Crippen LogP contribution in [0.3, 0.4) is 0 Å². The van der Waals surface area contributed by atoms with E-state index in [1.165, 1.54) is 6.92 Å². The topological polar surface area (TPSA) is 79.0 Å². The lowest BCUT2D eigenvalue weighted by Crippen LogP contribution is -2.35. The first-order valence-electron chi connectivity index (χ1n) is 4.80. The van der Waals surface area contributed by atoms with Crippen LogP contribution >= 0.6 is 11.3 Å². The van der Waals surface area contributed by atoms with Gasteiger partial charge in [0.15, 0.2) is 4.21 Å². The van der Waals surface area contributed by atoms with Crippen molar-refractivity contribution in [2.45, 2.75) is 36.7 Å². The summed E-state index contributed by atoms with van der Waals surface area (Å²) in [5.74, 6) is 0. The third-order valence-corrected chi connectivity index (χ3v) is 5.11. The van der Waals surface area contributed by atoms with Crippen LogP contribution in [-0.4, -0.2) is 25.6 Å². The molecule has 0 saturated carbocycles. The van der Waals surface area contributed by atoms with Crippen LogP contribution in [0.4, 0.5) is 13.2 Å². The second-order valence-electron chi connectivity index (χ2n) is 3.77. The maximum absolute atomic E-state index is 12.1. The molecule has 0 fully saturated rings. The molecule has 10 heteroatoms. The van der Waals surface area contributed by atoms with Crippen LogP contribution in [0.2, 0.25) is 0 Å². The number of thiazole rings is 1. The molecule has 1 aromatic rings. The molecule has 18 heavy (non-hydrogen) atoms. The van der Waals surface area contributed by atoms with Gasteiger partial charge >= 0.3 is 11.0 Å². The summed E-state index contributed by atoms with van der Waals surface area (Å²) < 4.78 is 61.3. The Kier molecular flexibility index (Phi) is 4.23. The number of halogens is 3. The number of aromatic amines is 1. The van der Waals surface area contributed by atoms with E-state index in [4.69, 9.17) is 0 Å². The Balaban J connectivity index is 2.90. The van der Waals surface area contributed by atoms with Crippen molar-refractivity contribution < 1.29 is 21.6 Å². The third-order valence-electron chi connectivity index (χ3n) is 1.92. The number of aryl methyl sites for hydroxylation is 1. The molecule has 1 unspecified atom stereocenters. The van der Waals surface area contributed by atoms with Gasteiger partial charge in [0.05, 0.1) is 6.42 Å². The molecule has 0 radical (unpaired) electrons. The zero-order chi connectivity index (χ0) is 14.1. The third kappa shape index (κ3) is 4.10. The monoisotopic (exact) mass is 304 g/mol.